The van der Waals surface area contributed by atoms with Crippen molar-refractivity contribution in [2.24, 2.45) is 0 Å². The molecular formula is C13H21NO3. The molecule has 0 aromatic rings. The van der Waals surface area contributed by atoms with Crippen molar-refractivity contribution in [1.29, 1.82) is 0 Å². The summed E-state index contributed by atoms with van der Waals surface area (Å²) in [4.78, 5) is 12.1. The van der Waals surface area contributed by atoms with Gasteiger partial charge in [-0.1, -0.05) is 12.8 Å². The molecule has 2 atom stereocenters. The van der Waals surface area contributed by atoms with Gasteiger partial charge in [0.05, 0.1) is 19.3 Å². The van der Waals surface area contributed by atoms with Gasteiger partial charge in [-0.3, -0.25) is 10.1 Å². The summed E-state index contributed by atoms with van der Waals surface area (Å²) < 4.78 is 10.7. The maximum atomic E-state index is 12.1. The number of esters is 1. The van der Waals surface area contributed by atoms with E-state index in [1.165, 1.54) is 0 Å². The van der Waals surface area contributed by atoms with E-state index in [1.54, 1.807) is 0 Å². The summed E-state index contributed by atoms with van der Waals surface area (Å²) in [6, 6.07) is 0. The second kappa shape index (κ2) is 6.63. The fourth-order valence-corrected chi connectivity index (χ4v) is 2.12. The van der Waals surface area contributed by atoms with Crippen LogP contribution in [0.25, 0.3) is 0 Å². The van der Waals surface area contributed by atoms with Crippen molar-refractivity contribution in [3.05, 3.63) is 0 Å². The Hall–Kier alpha value is -1.05. The first-order valence-electron chi connectivity index (χ1n) is 6.15. The third kappa shape index (κ3) is 3.45. The number of terminal acetylenes is 1. The summed E-state index contributed by atoms with van der Waals surface area (Å²) >= 11 is 0. The maximum Gasteiger partial charge on any atom is 0.326 e. The van der Waals surface area contributed by atoms with Crippen LogP contribution >= 0.6 is 0 Å². The van der Waals surface area contributed by atoms with Crippen LogP contribution in [0.2, 0.25) is 0 Å². The van der Waals surface area contributed by atoms with E-state index in [4.69, 9.17) is 15.9 Å². The molecule has 0 bridgehead atoms. The van der Waals surface area contributed by atoms with E-state index < -0.39 is 5.54 Å². The first-order chi connectivity index (χ1) is 8.18. The van der Waals surface area contributed by atoms with Crippen molar-refractivity contribution in [3.63, 3.8) is 0 Å². The first kappa shape index (κ1) is 14.0. The molecule has 1 rings (SSSR count). The molecule has 0 spiro atoms. The van der Waals surface area contributed by atoms with Crippen LogP contribution < -0.4 is 5.32 Å². The summed E-state index contributed by atoms with van der Waals surface area (Å²) in [5.41, 5.74) is -0.665. The molecule has 0 amide bonds. The molecule has 0 radical (unpaired) electrons. The molecule has 0 aliphatic carbocycles. The normalized spacial score (nSPS) is 28.4. The van der Waals surface area contributed by atoms with Crippen LogP contribution in [-0.2, 0) is 14.3 Å². The Morgan fingerprint density at radius 3 is 3.00 bits per heavy atom. The van der Waals surface area contributed by atoms with Crippen LogP contribution in [0.15, 0.2) is 0 Å². The lowest BCUT2D eigenvalue weighted by Gasteiger charge is -2.38. The number of ether oxygens (including phenoxy) is 2. The van der Waals surface area contributed by atoms with Gasteiger partial charge in [0.1, 0.15) is 5.54 Å². The van der Waals surface area contributed by atoms with E-state index in [0.717, 1.165) is 6.42 Å². The number of rotatable bonds is 5. The molecule has 0 aromatic carbocycles. The second-order valence-corrected chi connectivity index (χ2v) is 4.22. The summed E-state index contributed by atoms with van der Waals surface area (Å²) in [7, 11) is 0. The Labute approximate surface area is 103 Å². The smallest absolute Gasteiger partial charge is 0.326 e. The Morgan fingerprint density at radius 2 is 2.41 bits per heavy atom. The molecule has 4 heteroatoms. The van der Waals surface area contributed by atoms with Crippen molar-refractivity contribution in [1.82, 2.24) is 5.32 Å². The van der Waals surface area contributed by atoms with Gasteiger partial charge < -0.3 is 9.47 Å². The summed E-state index contributed by atoms with van der Waals surface area (Å²) in [5.74, 6) is 2.30. The molecule has 0 aromatic heterocycles. The SMILES string of the molecule is C#CCNC1(C(=O)OCC)CCOC(CC)C1. The number of carbonyl (C=O) groups is 1. The molecule has 2 unspecified atom stereocenters. The lowest BCUT2D eigenvalue weighted by atomic mass is 9.85. The first-order valence-corrected chi connectivity index (χ1v) is 6.15. The molecule has 17 heavy (non-hydrogen) atoms. The Morgan fingerprint density at radius 1 is 1.65 bits per heavy atom. The number of hydrogen-bond donors (Lipinski definition) is 1. The van der Waals surface area contributed by atoms with Gasteiger partial charge in [-0.05, 0) is 19.8 Å². The molecule has 96 valence electrons. The van der Waals surface area contributed by atoms with Crippen molar-refractivity contribution >= 4 is 5.97 Å². The highest BCUT2D eigenvalue weighted by Gasteiger charge is 2.43. The summed E-state index contributed by atoms with van der Waals surface area (Å²) in [5, 5.41) is 3.14. The van der Waals surface area contributed by atoms with Gasteiger partial charge in [0.15, 0.2) is 0 Å². The molecule has 1 saturated heterocycles. The topological polar surface area (TPSA) is 47.6 Å². The average Bonchev–Trinajstić information content (AvgIpc) is 2.37. The fourth-order valence-electron chi connectivity index (χ4n) is 2.12. The van der Waals surface area contributed by atoms with Gasteiger partial charge in [0.2, 0.25) is 0 Å². The van der Waals surface area contributed by atoms with Crippen LogP contribution in [0.5, 0.6) is 0 Å². The van der Waals surface area contributed by atoms with Gasteiger partial charge in [-0.15, -0.1) is 6.42 Å². The molecule has 1 fully saturated rings. The van der Waals surface area contributed by atoms with Crippen LogP contribution in [0.4, 0.5) is 0 Å². The monoisotopic (exact) mass is 239 g/mol. The minimum absolute atomic E-state index is 0.0958. The van der Waals surface area contributed by atoms with Gasteiger partial charge in [-0.2, -0.15) is 0 Å². The third-order valence-corrected chi connectivity index (χ3v) is 3.11. The molecule has 4 nitrogen and oxygen atoms in total. The van der Waals surface area contributed by atoms with Gasteiger partial charge in [-0.25, -0.2) is 0 Å². The van der Waals surface area contributed by atoms with Gasteiger partial charge >= 0.3 is 5.97 Å². The quantitative estimate of drug-likeness (QED) is 0.576. The Bertz CT molecular complexity index is 298. The molecule has 0 saturated carbocycles. The highest BCUT2D eigenvalue weighted by molar-refractivity contribution is 5.81. The predicted molar refractivity (Wildman–Crippen MR) is 65.5 cm³/mol. The Balaban J connectivity index is 2.77. The Kier molecular flexibility index (Phi) is 5.46. The van der Waals surface area contributed by atoms with Crippen LogP contribution in [0.1, 0.15) is 33.1 Å². The van der Waals surface area contributed by atoms with Crippen molar-refractivity contribution in [3.8, 4) is 12.3 Å². The predicted octanol–water partition coefficient (Wildman–Crippen LogP) is 1.10. The van der Waals surface area contributed by atoms with Crippen molar-refractivity contribution < 1.29 is 14.3 Å². The lowest BCUT2D eigenvalue weighted by molar-refractivity contribution is -0.158. The van der Waals surface area contributed by atoms with Crippen LogP contribution in [0, 0.1) is 12.3 Å². The fraction of sp³-hybridized carbons (Fsp3) is 0.769. The van der Waals surface area contributed by atoms with Crippen LogP contribution in [0.3, 0.4) is 0 Å². The standard InChI is InChI=1S/C13H21NO3/c1-4-8-14-13(12(15)16-6-3)7-9-17-11(5-2)10-13/h1,11,14H,5-10H2,2-3H3. The number of nitrogens with one attached hydrogen (secondary N) is 1. The zero-order valence-electron chi connectivity index (χ0n) is 10.6. The molecule has 1 aliphatic rings. The molecule has 1 aliphatic heterocycles. The number of hydrogen-bond acceptors (Lipinski definition) is 4. The van der Waals surface area contributed by atoms with Crippen LogP contribution in [-0.4, -0.2) is 37.4 Å². The third-order valence-electron chi connectivity index (χ3n) is 3.11. The maximum absolute atomic E-state index is 12.1. The summed E-state index contributed by atoms with van der Waals surface area (Å²) in [6.45, 7) is 5.18. The van der Waals surface area contributed by atoms with E-state index >= 15 is 0 Å². The van der Waals surface area contributed by atoms with E-state index in [-0.39, 0.29) is 12.1 Å². The van der Waals surface area contributed by atoms with Crippen molar-refractivity contribution in [2.75, 3.05) is 19.8 Å². The molecule has 1 heterocycles. The van der Waals surface area contributed by atoms with Gasteiger partial charge in [0.25, 0.3) is 0 Å². The van der Waals surface area contributed by atoms with E-state index in [0.29, 0.717) is 32.6 Å². The molecular weight excluding hydrogens is 218 g/mol. The lowest BCUT2D eigenvalue weighted by Crippen LogP contribution is -2.58. The highest BCUT2D eigenvalue weighted by Crippen LogP contribution is 2.27. The summed E-state index contributed by atoms with van der Waals surface area (Å²) in [6.07, 6.45) is 7.48. The average molecular weight is 239 g/mol. The highest BCUT2D eigenvalue weighted by atomic mass is 16.5. The van der Waals surface area contributed by atoms with E-state index in [9.17, 15) is 4.79 Å². The largest absolute Gasteiger partial charge is 0.465 e. The number of carbonyl (C=O) groups excluding carboxylic acids is 1. The van der Waals surface area contributed by atoms with E-state index in [1.807, 2.05) is 13.8 Å². The second-order valence-electron chi connectivity index (χ2n) is 4.22. The van der Waals surface area contributed by atoms with E-state index in [2.05, 4.69) is 11.2 Å². The minimum Gasteiger partial charge on any atom is -0.465 e. The minimum atomic E-state index is -0.665. The zero-order valence-corrected chi connectivity index (χ0v) is 10.6. The van der Waals surface area contributed by atoms with Crippen molar-refractivity contribution in [2.45, 2.75) is 44.8 Å². The van der Waals surface area contributed by atoms with Gasteiger partial charge in [0, 0.05) is 13.0 Å². The zero-order chi connectivity index (χ0) is 12.7. The molecule has 1 N–H and O–H groups in total.